The Bertz CT molecular complexity index is 137. The average molecular weight is 155 g/mol. The maximum atomic E-state index is 2.58. The van der Waals surface area contributed by atoms with Gasteiger partial charge in [0, 0.05) is 5.54 Å². The minimum absolute atomic E-state index is 0.366. The molecule has 0 spiro atoms. The Morgan fingerprint density at radius 3 is 1.45 bits per heavy atom. The molecule has 1 nitrogen and oxygen atoms in total. The predicted molar refractivity (Wildman–Crippen MR) is 49.7 cm³/mol. The smallest absolute Gasteiger partial charge is 0.0201 e. The summed E-state index contributed by atoms with van der Waals surface area (Å²) in [5, 5.41) is 0. The van der Waals surface area contributed by atoms with E-state index in [9.17, 15) is 0 Å². The molecular weight excluding hydrogens is 134 g/mol. The normalized spacial score (nSPS) is 21.5. The summed E-state index contributed by atoms with van der Waals surface area (Å²) in [4.78, 5) is 2.58. The lowest BCUT2D eigenvalue weighted by Gasteiger charge is -2.52. The minimum Gasteiger partial charge on any atom is -0.298 e. The van der Waals surface area contributed by atoms with E-state index in [1.54, 1.807) is 0 Å². The Balaban J connectivity index is 2.64. The molecule has 1 rings (SSSR count). The second kappa shape index (κ2) is 2.48. The van der Waals surface area contributed by atoms with E-state index in [0.29, 0.717) is 11.0 Å². The van der Waals surface area contributed by atoms with Gasteiger partial charge in [-0.05, 0) is 38.8 Å². The molecule has 1 heterocycles. The average Bonchev–Trinajstić information content (AvgIpc) is 1.53. The van der Waals surface area contributed by atoms with Crippen molar-refractivity contribution in [3.8, 4) is 0 Å². The zero-order chi connectivity index (χ0) is 8.70. The van der Waals surface area contributed by atoms with Crippen molar-refractivity contribution in [3.63, 3.8) is 0 Å². The van der Waals surface area contributed by atoms with E-state index < -0.39 is 0 Å². The molecule has 0 radical (unpaired) electrons. The van der Waals surface area contributed by atoms with Crippen molar-refractivity contribution in [3.05, 3.63) is 0 Å². The third-order valence-electron chi connectivity index (χ3n) is 3.48. The lowest BCUT2D eigenvalue weighted by atomic mass is 9.74. The van der Waals surface area contributed by atoms with Crippen LogP contribution in [0.4, 0.5) is 0 Å². The summed E-state index contributed by atoms with van der Waals surface area (Å²) in [6.07, 6.45) is 1.39. The Morgan fingerprint density at radius 1 is 0.909 bits per heavy atom. The van der Waals surface area contributed by atoms with Gasteiger partial charge in [-0.2, -0.15) is 0 Å². The largest absolute Gasteiger partial charge is 0.298 e. The molecule has 0 atom stereocenters. The quantitative estimate of drug-likeness (QED) is 0.562. The molecule has 0 aromatic carbocycles. The molecule has 0 unspecified atom stereocenters. The van der Waals surface area contributed by atoms with Crippen LogP contribution in [0.2, 0.25) is 0 Å². The van der Waals surface area contributed by atoms with Crippen molar-refractivity contribution in [2.45, 2.75) is 46.6 Å². The summed E-state index contributed by atoms with van der Waals surface area (Å²) in [7, 11) is 0. The summed E-state index contributed by atoms with van der Waals surface area (Å²) in [6.45, 7) is 14.3. The molecule has 0 amide bonds. The third-order valence-corrected chi connectivity index (χ3v) is 3.48. The first-order valence-corrected chi connectivity index (χ1v) is 4.61. The standard InChI is InChI=1S/C10H21N/c1-9(2,3)10(4,5)11-7-6-8-11/h6-8H2,1-5H3. The van der Waals surface area contributed by atoms with Gasteiger partial charge in [-0.15, -0.1) is 0 Å². The van der Waals surface area contributed by atoms with Crippen molar-refractivity contribution < 1.29 is 0 Å². The fraction of sp³-hybridized carbons (Fsp3) is 1.00. The summed E-state index contributed by atoms with van der Waals surface area (Å²) < 4.78 is 0. The fourth-order valence-electron chi connectivity index (χ4n) is 1.35. The SMILES string of the molecule is CC(C)(C)C(C)(C)N1CCC1. The summed E-state index contributed by atoms with van der Waals surface area (Å²) in [5.41, 5.74) is 0.763. The first-order valence-electron chi connectivity index (χ1n) is 4.61. The summed E-state index contributed by atoms with van der Waals surface area (Å²) >= 11 is 0. The Morgan fingerprint density at radius 2 is 1.36 bits per heavy atom. The second-order valence-electron chi connectivity index (χ2n) is 5.15. The Hall–Kier alpha value is -0.0400. The molecule has 0 N–H and O–H groups in total. The molecule has 11 heavy (non-hydrogen) atoms. The van der Waals surface area contributed by atoms with Crippen LogP contribution in [0.3, 0.4) is 0 Å². The van der Waals surface area contributed by atoms with Gasteiger partial charge in [-0.1, -0.05) is 20.8 Å². The van der Waals surface area contributed by atoms with Crippen molar-refractivity contribution in [1.82, 2.24) is 4.90 Å². The molecule has 1 aliphatic heterocycles. The fourth-order valence-corrected chi connectivity index (χ4v) is 1.35. The molecule has 66 valence electrons. The molecule has 1 heteroatoms. The maximum absolute atomic E-state index is 2.58. The van der Waals surface area contributed by atoms with E-state index in [1.165, 1.54) is 19.5 Å². The van der Waals surface area contributed by atoms with Crippen molar-refractivity contribution in [2.75, 3.05) is 13.1 Å². The van der Waals surface area contributed by atoms with Gasteiger partial charge in [0.2, 0.25) is 0 Å². The molecule has 1 fully saturated rings. The highest BCUT2D eigenvalue weighted by Gasteiger charge is 2.40. The summed E-state index contributed by atoms with van der Waals surface area (Å²) in [6, 6.07) is 0. The Kier molecular flexibility index (Phi) is 2.04. The van der Waals surface area contributed by atoms with Gasteiger partial charge in [-0.25, -0.2) is 0 Å². The van der Waals surface area contributed by atoms with E-state index >= 15 is 0 Å². The lowest BCUT2D eigenvalue weighted by Crippen LogP contribution is -2.58. The van der Waals surface area contributed by atoms with E-state index in [1.807, 2.05) is 0 Å². The molecule has 0 aromatic rings. The van der Waals surface area contributed by atoms with E-state index in [2.05, 4.69) is 39.5 Å². The zero-order valence-electron chi connectivity index (χ0n) is 8.57. The van der Waals surface area contributed by atoms with E-state index in [-0.39, 0.29) is 0 Å². The number of likely N-dealkylation sites (tertiary alicyclic amines) is 1. The van der Waals surface area contributed by atoms with E-state index in [4.69, 9.17) is 0 Å². The van der Waals surface area contributed by atoms with Crippen LogP contribution in [0.15, 0.2) is 0 Å². The third kappa shape index (κ3) is 1.44. The van der Waals surface area contributed by atoms with Crippen LogP contribution in [0, 0.1) is 5.41 Å². The van der Waals surface area contributed by atoms with Gasteiger partial charge < -0.3 is 0 Å². The number of nitrogens with zero attached hydrogens (tertiary/aromatic N) is 1. The topological polar surface area (TPSA) is 3.24 Å². The first-order chi connectivity index (χ1) is 4.86. The Labute approximate surface area is 70.8 Å². The second-order valence-corrected chi connectivity index (χ2v) is 5.15. The van der Waals surface area contributed by atoms with Gasteiger partial charge in [0.25, 0.3) is 0 Å². The van der Waals surface area contributed by atoms with Crippen molar-refractivity contribution in [2.24, 2.45) is 5.41 Å². The highest BCUT2D eigenvalue weighted by atomic mass is 15.2. The van der Waals surface area contributed by atoms with Crippen LogP contribution in [0.25, 0.3) is 0 Å². The molecular formula is C10H21N. The van der Waals surface area contributed by atoms with Gasteiger partial charge in [0.15, 0.2) is 0 Å². The van der Waals surface area contributed by atoms with Gasteiger partial charge in [-0.3, -0.25) is 4.90 Å². The van der Waals surface area contributed by atoms with Crippen LogP contribution >= 0.6 is 0 Å². The predicted octanol–water partition coefficient (Wildman–Crippen LogP) is 2.52. The van der Waals surface area contributed by atoms with Gasteiger partial charge >= 0.3 is 0 Å². The highest BCUT2D eigenvalue weighted by Crippen LogP contribution is 2.37. The molecule has 1 aliphatic rings. The van der Waals surface area contributed by atoms with Crippen LogP contribution in [-0.4, -0.2) is 23.5 Å². The number of rotatable bonds is 1. The van der Waals surface area contributed by atoms with Crippen LogP contribution < -0.4 is 0 Å². The molecule has 1 saturated heterocycles. The van der Waals surface area contributed by atoms with Crippen LogP contribution in [-0.2, 0) is 0 Å². The number of hydrogen-bond donors (Lipinski definition) is 0. The summed E-state index contributed by atoms with van der Waals surface area (Å²) in [5.74, 6) is 0. The molecule has 0 bridgehead atoms. The molecule has 0 saturated carbocycles. The lowest BCUT2D eigenvalue weighted by molar-refractivity contribution is -0.0209. The zero-order valence-corrected chi connectivity index (χ0v) is 8.57. The highest BCUT2D eigenvalue weighted by molar-refractivity contribution is 4.95. The minimum atomic E-state index is 0.366. The van der Waals surface area contributed by atoms with Crippen LogP contribution in [0.5, 0.6) is 0 Å². The van der Waals surface area contributed by atoms with E-state index in [0.717, 1.165) is 0 Å². The van der Waals surface area contributed by atoms with Crippen molar-refractivity contribution in [1.29, 1.82) is 0 Å². The maximum Gasteiger partial charge on any atom is 0.0201 e. The number of hydrogen-bond acceptors (Lipinski definition) is 1. The van der Waals surface area contributed by atoms with Crippen LogP contribution in [0.1, 0.15) is 41.0 Å². The van der Waals surface area contributed by atoms with Gasteiger partial charge in [0.05, 0.1) is 0 Å². The molecule has 0 aromatic heterocycles. The van der Waals surface area contributed by atoms with Crippen molar-refractivity contribution >= 4 is 0 Å². The monoisotopic (exact) mass is 155 g/mol. The first kappa shape index (κ1) is 9.05. The molecule has 0 aliphatic carbocycles. The van der Waals surface area contributed by atoms with Gasteiger partial charge in [0.1, 0.15) is 0 Å².